The highest BCUT2D eigenvalue weighted by atomic mass is 32.1. The quantitative estimate of drug-likeness (QED) is 0.353. The minimum atomic E-state index is 0.600. The predicted octanol–water partition coefficient (Wildman–Crippen LogP) is 3.35. The van der Waals surface area contributed by atoms with Crippen molar-refractivity contribution in [3.05, 3.63) is 57.8 Å². The van der Waals surface area contributed by atoms with Crippen LogP contribution in [0, 0.1) is 11.8 Å². The summed E-state index contributed by atoms with van der Waals surface area (Å²) in [7, 11) is 0. The second-order valence-electron chi connectivity index (χ2n) is 3.49. The van der Waals surface area contributed by atoms with E-state index in [0.717, 1.165) is 16.0 Å². The van der Waals surface area contributed by atoms with Crippen molar-refractivity contribution in [2.75, 3.05) is 0 Å². The number of hydrogen-bond donors (Lipinski definition) is 1. The van der Waals surface area contributed by atoms with E-state index in [9.17, 15) is 0 Å². The Kier molecular flexibility index (Phi) is 3.59. The fourth-order valence-corrected chi connectivity index (χ4v) is 1.91. The van der Waals surface area contributed by atoms with Crippen molar-refractivity contribution < 1.29 is 5.21 Å². The van der Waals surface area contributed by atoms with Gasteiger partial charge in [-0.25, -0.2) is 0 Å². The number of benzene rings is 1. The molecule has 0 aliphatic carbocycles. The Bertz CT molecular complexity index is 571. The molecule has 2 aromatic rings. The van der Waals surface area contributed by atoms with E-state index in [4.69, 9.17) is 5.21 Å². The summed E-state index contributed by atoms with van der Waals surface area (Å²) >= 11 is 1.63. The molecule has 3 heteroatoms. The fraction of sp³-hybridized carbons (Fsp3) is 0.0714. The maximum Gasteiger partial charge on any atom is 0.0836 e. The Hall–Kier alpha value is -2.05. The largest absolute Gasteiger partial charge is 0.411 e. The average Bonchev–Trinajstić information content (AvgIpc) is 2.89. The molecule has 0 spiro atoms. The van der Waals surface area contributed by atoms with Crippen LogP contribution >= 0.6 is 11.3 Å². The van der Waals surface area contributed by atoms with Crippen LogP contribution in [0.15, 0.2) is 46.9 Å². The molecule has 0 saturated carbocycles. The van der Waals surface area contributed by atoms with E-state index in [1.165, 1.54) is 0 Å². The van der Waals surface area contributed by atoms with Gasteiger partial charge in [0.2, 0.25) is 0 Å². The van der Waals surface area contributed by atoms with E-state index in [0.29, 0.717) is 5.71 Å². The molecule has 0 atom stereocenters. The average molecular weight is 241 g/mol. The second-order valence-corrected chi connectivity index (χ2v) is 4.44. The third-order valence-corrected chi connectivity index (χ3v) is 3.09. The van der Waals surface area contributed by atoms with E-state index in [1.807, 2.05) is 41.8 Å². The summed E-state index contributed by atoms with van der Waals surface area (Å²) < 4.78 is 0. The van der Waals surface area contributed by atoms with Gasteiger partial charge in [-0.2, -0.15) is 0 Å². The lowest BCUT2D eigenvalue weighted by Crippen LogP contribution is -1.93. The molecule has 0 unspecified atom stereocenters. The maximum absolute atomic E-state index is 8.65. The first kappa shape index (κ1) is 11.4. The van der Waals surface area contributed by atoms with E-state index in [1.54, 1.807) is 18.3 Å². The molecule has 0 fully saturated rings. The maximum atomic E-state index is 8.65. The first-order valence-corrected chi connectivity index (χ1v) is 6.02. The zero-order chi connectivity index (χ0) is 12.1. The number of nitrogens with zero attached hydrogens (tertiary/aromatic N) is 1. The molecule has 0 aliphatic rings. The molecular weight excluding hydrogens is 230 g/mol. The first-order chi connectivity index (χ1) is 8.29. The SMILES string of the molecule is CC(=NO)c1ccc(C#Cc2cccs2)cc1. The van der Waals surface area contributed by atoms with Gasteiger partial charge in [-0.1, -0.05) is 35.2 Å². The van der Waals surface area contributed by atoms with Crippen LogP contribution in [0.1, 0.15) is 22.9 Å². The van der Waals surface area contributed by atoms with E-state index in [-0.39, 0.29) is 0 Å². The Morgan fingerprint density at radius 3 is 2.53 bits per heavy atom. The summed E-state index contributed by atoms with van der Waals surface area (Å²) in [5.74, 6) is 6.18. The minimum absolute atomic E-state index is 0.600. The smallest absolute Gasteiger partial charge is 0.0836 e. The number of hydrogen-bond acceptors (Lipinski definition) is 3. The lowest BCUT2D eigenvalue weighted by molar-refractivity contribution is 0.319. The van der Waals surface area contributed by atoms with Gasteiger partial charge in [-0.05, 0) is 36.1 Å². The molecule has 0 saturated heterocycles. The van der Waals surface area contributed by atoms with Crippen molar-refractivity contribution in [3.63, 3.8) is 0 Å². The summed E-state index contributed by atoms with van der Waals surface area (Å²) in [4.78, 5) is 1.06. The Labute approximate surface area is 104 Å². The van der Waals surface area contributed by atoms with Gasteiger partial charge in [0, 0.05) is 5.56 Å². The molecule has 17 heavy (non-hydrogen) atoms. The van der Waals surface area contributed by atoms with Gasteiger partial charge in [0.25, 0.3) is 0 Å². The molecule has 2 rings (SSSR count). The van der Waals surface area contributed by atoms with Crippen LogP contribution in [0.5, 0.6) is 0 Å². The molecule has 1 aromatic carbocycles. The molecule has 0 amide bonds. The highest BCUT2D eigenvalue weighted by Crippen LogP contribution is 2.08. The summed E-state index contributed by atoms with van der Waals surface area (Å²) in [6.45, 7) is 1.76. The van der Waals surface area contributed by atoms with Crippen molar-refractivity contribution in [2.24, 2.45) is 5.16 Å². The van der Waals surface area contributed by atoms with Gasteiger partial charge in [0.05, 0.1) is 10.6 Å². The molecule has 0 aliphatic heterocycles. The van der Waals surface area contributed by atoms with E-state index < -0.39 is 0 Å². The van der Waals surface area contributed by atoms with Gasteiger partial charge >= 0.3 is 0 Å². The summed E-state index contributed by atoms with van der Waals surface area (Å²) in [6, 6.07) is 11.6. The fourth-order valence-electron chi connectivity index (χ4n) is 1.34. The molecular formula is C14H11NOS. The van der Waals surface area contributed by atoms with Crippen LogP contribution in [-0.4, -0.2) is 10.9 Å². The van der Waals surface area contributed by atoms with Gasteiger partial charge in [0.1, 0.15) is 0 Å². The van der Waals surface area contributed by atoms with Gasteiger partial charge < -0.3 is 5.21 Å². The van der Waals surface area contributed by atoms with Crippen molar-refractivity contribution in [2.45, 2.75) is 6.92 Å². The first-order valence-electron chi connectivity index (χ1n) is 5.14. The number of thiophene rings is 1. The molecule has 2 nitrogen and oxygen atoms in total. The molecule has 0 radical (unpaired) electrons. The third-order valence-electron chi connectivity index (χ3n) is 2.30. The Balaban J connectivity index is 2.19. The zero-order valence-electron chi connectivity index (χ0n) is 9.34. The van der Waals surface area contributed by atoms with Crippen LogP contribution in [0.3, 0.4) is 0 Å². The van der Waals surface area contributed by atoms with Crippen LogP contribution < -0.4 is 0 Å². The molecule has 84 valence electrons. The summed E-state index contributed by atoms with van der Waals surface area (Å²) in [5.41, 5.74) is 2.45. The molecule has 1 aromatic heterocycles. The Morgan fingerprint density at radius 1 is 1.18 bits per heavy atom. The van der Waals surface area contributed by atoms with E-state index in [2.05, 4.69) is 17.0 Å². The van der Waals surface area contributed by atoms with Crippen LogP contribution in [0.25, 0.3) is 0 Å². The monoisotopic (exact) mass is 241 g/mol. The number of oxime groups is 1. The highest BCUT2D eigenvalue weighted by Gasteiger charge is 1.96. The molecule has 1 heterocycles. The van der Waals surface area contributed by atoms with Crippen molar-refractivity contribution in [3.8, 4) is 11.8 Å². The predicted molar refractivity (Wildman–Crippen MR) is 70.7 cm³/mol. The summed E-state index contributed by atoms with van der Waals surface area (Å²) in [5, 5.41) is 13.8. The van der Waals surface area contributed by atoms with Crippen LogP contribution in [-0.2, 0) is 0 Å². The number of rotatable bonds is 1. The third kappa shape index (κ3) is 2.96. The van der Waals surface area contributed by atoms with Crippen molar-refractivity contribution in [1.29, 1.82) is 0 Å². The topological polar surface area (TPSA) is 32.6 Å². The van der Waals surface area contributed by atoms with Gasteiger partial charge in [-0.3, -0.25) is 0 Å². The normalized spacial score (nSPS) is 10.8. The van der Waals surface area contributed by atoms with Gasteiger partial charge in [-0.15, -0.1) is 11.3 Å². The lowest BCUT2D eigenvalue weighted by Gasteiger charge is -1.97. The van der Waals surface area contributed by atoms with Crippen molar-refractivity contribution >= 4 is 17.0 Å². The zero-order valence-corrected chi connectivity index (χ0v) is 10.2. The summed E-state index contributed by atoms with van der Waals surface area (Å²) in [6.07, 6.45) is 0. The Morgan fingerprint density at radius 2 is 1.94 bits per heavy atom. The van der Waals surface area contributed by atoms with E-state index >= 15 is 0 Å². The minimum Gasteiger partial charge on any atom is -0.411 e. The van der Waals surface area contributed by atoms with Crippen LogP contribution in [0.2, 0.25) is 0 Å². The van der Waals surface area contributed by atoms with Gasteiger partial charge in [0.15, 0.2) is 0 Å². The lowest BCUT2D eigenvalue weighted by atomic mass is 10.1. The van der Waals surface area contributed by atoms with Crippen LogP contribution in [0.4, 0.5) is 0 Å². The van der Waals surface area contributed by atoms with Crippen molar-refractivity contribution in [1.82, 2.24) is 0 Å². The molecule has 1 N–H and O–H groups in total. The molecule has 0 bridgehead atoms. The second kappa shape index (κ2) is 5.33. The highest BCUT2D eigenvalue weighted by molar-refractivity contribution is 7.10. The standard InChI is InChI=1S/C14H11NOS/c1-11(15-16)13-7-4-12(5-8-13)6-9-14-3-2-10-17-14/h2-5,7-8,10,16H,1H3.